The molecule has 1 saturated heterocycles. The van der Waals surface area contributed by atoms with Crippen molar-refractivity contribution in [2.45, 2.75) is 26.2 Å². The minimum absolute atomic E-state index is 0.191. The highest BCUT2D eigenvalue weighted by atomic mass is 32.2. The van der Waals surface area contributed by atoms with Crippen LogP contribution in [0.15, 0.2) is 24.3 Å². The van der Waals surface area contributed by atoms with Crippen molar-refractivity contribution in [2.75, 3.05) is 50.0 Å². The molecule has 0 radical (unpaired) electrons. The molecular formula is C18H28N2O5S. The molecule has 0 amide bonds. The Labute approximate surface area is 155 Å². The van der Waals surface area contributed by atoms with Gasteiger partial charge in [-0.1, -0.05) is 13.3 Å². The zero-order valence-electron chi connectivity index (χ0n) is 15.3. The Morgan fingerprint density at radius 1 is 1.12 bits per heavy atom. The van der Waals surface area contributed by atoms with E-state index in [0.29, 0.717) is 25.1 Å². The molecule has 0 aliphatic carbocycles. The van der Waals surface area contributed by atoms with Gasteiger partial charge in [0, 0.05) is 31.9 Å². The van der Waals surface area contributed by atoms with Crippen LogP contribution in [0.25, 0.3) is 0 Å². The van der Waals surface area contributed by atoms with Crippen molar-refractivity contribution < 1.29 is 22.5 Å². The minimum atomic E-state index is -3.87. The standard InChI is InChI=1S/C18H28N2O5S/c1-2-3-14-25-18(21)16-5-7-17(8-6-16)20-12-10-19(11-13-20)9-4-15-26(22,23)24/h5-8H,2-4,9-15H2,1H3,(H,22,23,24). The summed E-state index contributed by atoms with van der Waals surface area (Å²) in [5, 5.41) is 0. The van der Waals surface area contributed by atoms with Crippen LogP contribution >= 0.6 is 0 Å². The lowest BCUT2D eigenvalue weighted by atomic mass is 10.2. The molecule has 1 aromatic rings. The molecule has 0 spiro atoms. The van der Waals surface area contributed by atoms with Crippen molar-refractivity contribution >= 4 is 21.8 Å². The number of hydrogen-bond acceptors (Lipinski definition) is 6. The number of rotatable bonds is 9. The summed E-state index contributed by atoms with van der Waals surface area (Å²) >= 11 is 0. The number of hydrogen-bond donors (Lipinski definition) is 1. The number of unbranched alkanes of at least 4 members (excludes halogenated alkanes) is 1. The Morgan fingerprint density at radius 3 is 2.35 bits per heavy atom. The van der Waals surface area contributed by atoms with Crippen LogP contribution in [-0.4, -0.2) is 68.9 Å². The van der Waals surface area contributed by atoms with Gasteiger partial charge in [-0.05, 0) is 43.7 Å². The normalized spacial score (nSPS) is 15.8. The fourth-order valence-electron chi connectivity index (χ4n) is 2.90. The molecule has 146 valence electrons. The van der Waals surface area contributed by atoms with Crippen LogP contribution in [0.4, 0.5) is 5.69 Å². The maximum atomic E-state index is 11.9. The van der Waals surface area contributed by atoms with Crippen LogP contribution in [0.1, 0.15) is 36.5 Å². The molecule has 0 unspecified atom stereocenters. The second kappa shape index (κ2) is 9.89. The van der Waals surface area contributed by atoms with Crippen LogP contribution < -0.4 is 4.90 Å². The van der Waals surface area contributed by atoms with E-state index in [9.17, 15) is 13.2 Å². The Balaban J connectivity index is 1.77. The van der Waals surface area contributed by atoms with Crippen LogP contribution in [0.2, 0.25) is 0 Å². The van der Waals surface area contributed by atoms with Gasteiger partial charge in [-0.15, -0.1) is 0 Å². The van der Waals surface area contributed by atoms with Gasteiger partial charge in [0.2, 0.25) is 0 Å². The first kappa shape index (κ1) is 20.7. The predicted octanol–water partition coefficient (Wildman–Crippen LogP) is 2.04. The molecule has 0 atom stereocenters. The molecule has 2 rings (SSSR count). The highest BCUT2D eigenvalue weighted by molar-refractivity contribution is 7.85. The third kappa shape index (κ3) is 6.93. The smallest absolute Gasteiger partial charge is 0.338 e. The van der Waals surface area contributed by atoms with Gasteiger partial charge in [0.25, 0.3) is 10.1 Å². The van der Waals surface area contributed by atoms with Gasteiger partial charge < -0.3 is 9.64 Å². The van der Waals surface area contributed by atoms with E-state index in [0.717, 1.165) is 44.7 Å². The molecule has 1 aromatic carbocycles. The number of esters is 1. The van der Waals surface area contributed by atoms with E-state index in [1.54, 1.807) is 12.1 Å². The molecule has 0 bridgehead atoms. The summed E-state index contributed by atoms with van der Waals surface area (Å²) in [4.78, 5) is 16.4. The first-order valence-corrected chi connectivity index (χ1v) is 10.7. The SMILES string of the molecule is CCCCOC(=O)c1ccc(N2CCN(CCCS(=O)(=O)O)CC2)cc1. The quantitative estimate of drug-likeness (QED) is 0.396. The van der Waals surface area contributed by atoms with Crippen molar-refractivity contribution in [3.63, 3.8) is 0 Å². The molecule has 1 heterocycles. The molecule has 1 N–H and O–H groups in total. The summed E-state index contributed by atoms with van der Waals surface area (Å²) in [6, 6.07) is 7.46. The van der Waals surface area contributed by atoms with E-state index in [-0.39, 0.29) is 11.7 Å². The van der Waals surface area contributed by atoms with Gasteiger partial charge in [-0.25, -0.2) is 4.79 Å². The van der Waals surface area contributed by atoms with Crippen LogP contribution in [-0.2, 0) is 14.9 Å². The minimum Gasteiger partial charge on any atom is -0.462 e. The number of nitrogens with zero attached hydrogens (tertiary/aromatic N) is 2. The lowest BCUT2D eigenvalue weighted by Gasteiger charge is -2.36. The Kier molecular flexibility index (Phi) is 7.86. The van der Waals surface area contributed by atoms with Gasteiger partial charge in [-0.3, -0.25) is 9.45 Å². The molecule has 0 saturated carbocycles. The van der Waals surface area contributed by atoms with Crippen molar-refractivity contribution in [1.82, 2.24) is 4.90 Å². The van der Waals surface area contributed by atoms with E-state index in [2.05, 4.69) is 16.7 Å². The Bertz CT molecular complexity index is 667. The summed E-state index contributed by atoms with van der Waals surface area (Å²) < 4.78 is 35.5. The van der Waals surface area contributed by atoms with Crippen LogP contribution in [0.3, 0.4) is 0 Å². The van der Waals surface area contributed by atoms with E-state index in [1.807, 2.05) is 12.1 Å². The Hall–Kier alpha value is -1.64. The average Bonchev–Trinajstić information content (AvgIpc) is 2.61. The summed E-state index contributed by atoms with van der Waals surface area (Å²) in [6.07, 6.45) is 2.31. The summed E-state index contributed by atoms with van der Waals surface area (Å²) in [5.41, 5.74) is 1.63. The third-order valence-corrected chi connectivity index (χ3v) is 5.25. The van der Waals surface area contributed by atoms with Crippen molar-refractivity contribution in [2.24, 2.45) is 0 Å². The fourth-order valence-corrected chi connectivity index (χ4v) is 3.40. The zero-order valence-corrected chi connectivity index (χ0v) is 16.1. The van der Waals surface area contributed by atoms with Crippen molar-refractivity contribution in [3.8, 4) is 0 Å². The average molecular weight is 384 g/mol. The lowest BCUT2D eigenvalue weighted by Crippen LogP contribution is -2.46. The van der Waals surface area contributed by atoms with Crippen LogP contribution in [0.5, 0.6) is 0 Å². The summed E-state index contributed by atoms with van der Waals surface area (Å²) in [5.74, 6) is -0.475. The summed E-state index contributed by atoms with van der Waals surface area (Å²) in [7, 11) is -3.87. The van der Waals surface area contributed by atoms with Gasteiger partial charge >= 0.3 is 5.97 Å². The molecule has 0 aromatic heterocycles. The molecule has 1 aliphatic rings. The lowest BCUT2D eigenvalue weighted by molar-refractivity contribution is 0.0499. The zero-order chi connectivity index (χ0) is 19.0. The predicted molar refractivity (Wildman–Crippen MR) is 101 cm³/mol. The highest BCUT2D eigenvalue weighted by Gasteiger charge is 2.18. The fraction of sp³-hybridized carbons (Fsp3) is 0.611. The van der Waals surface area contributed by atoms with E-state index in [1.165, 1.54) is 0 Å². The van der Waals surface area contributed by atoms with Gasteiger partial charge in [0.15, 0.2) is 0 Å². The van der Waals surface area contributed by atoms with Gasteiger partial charge in [0.05, 0.1) is 17.9 Å². The first-order chi connectivity index (χ1) is 12.4. The number of anilines is 1. The maximum absolute atomic E-state index is 11.9. The molecule has 1 fully saturated rings. The van der Waals surface area contributed by atoms with E-state index < -0.39 is 10.1 Å². The van der Waals surface area contributed by atoms with E-state index >= 15 is 0 Å². The van der Waals surface area contributed by atoms with Crippen LogP contribution in [0, 0.1) is 0 Å². The monoisotopic (exact) mass is 384 g/mol. The number of carbonyl (C=O) groups is 1. The highest BCUT2D eigenvalue weighted by Crippen LogP contribution is 2.18. The molecular weight excluding hydrogens is 356 g/mol. The molecule has 8 heteroatoms. The maximum Gasteiger partial charge on any atom is 0.338 e. The molecule has 1 aliphatic heterocycles. The number of benzene rings is 1. The molecule has 26 heavy (non-hydrogen) atoms. The topological polar surface area (TPSA) is 87.2 Å². The summed E-state index contributed by atoms with van der Waals surface area (Å²) in [6.45, 7) is 6.53. The molecule has 7 nitrogen and oxygen atoms in total. The van der Waals surface area contributed by atoms with E-state index in [4.69, 9.17) is 9.29 Å². The Morgan fingerprint density at radius 2 is 1.77 bits per heavy atom. The number of carbonyl (C=O) groups excluding carboxylic acids is 1. The first-order valence-electron chi connectivity index (χ1n) is 9.08. The van der Waals surface area contributed by atoms with Gasteiger partial charge in [-0.2, -0.15) is 8.42 Å². The number of piperazine rings is 1. The second-order valence-electron chi connectivity index (χ2n) is 6.50. The van der Waals surface area contributed by atoms with Crippen molar-refractivity contribution in [1.29, 1.82) is 0 Å². The second-order valence-corrected chi connectivity index (χ2v) is 8.08. The largest absolute Gasteiger partial charge is 0.462 e. The third-order valence-electron chi connectivity index (χ3n) is 4.45. The van der Waals surface area contributed by atoms with Crippen molar-refractivity contribution in [3.05, 3.63) is 29.8 Å². The number of ether oxygens (including phenoxy) is 1. The van der Waals surface area contributed by atoms with Gasteiger partial charge in [0.1, 0.15) is 0 Å².